The summed E-state index contributed by atoms with van der Waals surface area (Å²) in [6.07, 6.45) is 2.47. The van der Waals surface area contributed by atoms with Crippen LogP contribution in [0.5, 0.6) is 11.5 Å². The molecular formula is C23H25N3O3. The first kappa shape index (κ1) is 19.1. The SMILES string of the molecule is Cc1ccc(-n2ncc(C(=O)Nc3ccc4c(c3)OCCCO4)c2C(C)C)cc1. The molecule has 0 radical (unpaired) electrons. The third-order valence-electron chi connectivity index (χ3n) is 4.88. The number of nitrogens with zero attached hydrogens (tertiary/aromatic N) is 2. The maximum atomic E-state index is 13.0. The highest BCUT2D eigenvalue weighted by atomic mass is 16.5. The average Bonchev–Trinajstić information content (AvgIpc) is 3.02. The normalized spacial score (nSPS) is 13.2. The molecule has 0 atom stereocenters. The maximum absolute atomic E-state index is 13.0. The van der Waals surface area contributed by atoms with Crippen molar-refractivity contribution in [2.75, 3.05) is 18.5 Å². The van der Waals surface area contributed by atoms with Gasteiger partial charge in [0.15, 0.2) is 11.5 Å². The van der Waals surface area contributed by atoms with Crippen LogP contribution in [-0.2, 0) is 0 Å². The van der Waals surface area contributed by atoms with Crippen molar-refractivity contribution < 1.29 is 14.3 Å². The molecule has 4 rings (SSSR count). The molecule has 0 unspecified atom stereocenters. The lowest BCUT2D eigenvalue weighted by Crippen LogP contribution is -2.15. The van der Waals surface area contributed by atoms with Gasteiger partial charge in [-0.05, 0) is 37.1 Å². The van der Waals surface area contributed by atoms with Crippen LogP contribution in [0.1, 0.15) is 47.8 Å². The maximum Gasteiger partial charge on any atom is 0.259 e. The number of amides is 1. The van der Waals surface area contributed by atoms with Crippen molar-refractivity contribution in [3.05, 3.63) is 65.5 Å². The highest BCUT2D eigenvalue weighted by Crippen LogP contribution is 2.33. The van der Waals surface area contributed by atoms with Gasteiger partial charge in [0, 0.05) is 18.2 Å². The van der Waals surface area contributed by atoms with E-state index in [-0.39, 0.29) is 11.8 Å². The molecule has 1 N–H and O–H groups in total. The first-order valence-corrected chi connectivity index (χ1v) is 9.89. The van der Waals surface area contributed by atoms with Crippen LogP contribution in [0.15, 0.2) is 48.7 Å². The minimum absolute atomic E-state index is 0.128. The van der Waals surface area contributed by atoms with E-state index in [2.05, 4.69) is 24.3 Å². The van der Waals surface area contributed by atoms with E-state index in [0.717, 1.165) is 17.8 Å². The Morgan fingerprint density at radius 2 is 1.79 bits per heavy atom. The molecule has 6 nitrogen and oxygen atoms in total. The number of carbonyl (C=O) groups is 1. The molecule has 1 aliphatic rings. The number of rotatable bonds is 4. The molecular weight excluding hydrogens is 366 g/mol. The first-order chi connectivity index (χ1) is 14.0. The minimum atomic E-state index is -0.193. The van der Waals surface area contributed by atoms with Crippen molar-refractivity contribution in [2.45, 2.75) is 33.1 Å². The Balaban J connectivity index is 1.62. The summed E-state index contributed by atoms with van der Waals surface area (Å²) in [5.41, 5.74) is 4.22. The summed E-state index contributed by atoms with van der Waals surface area (Å²) in [7, 11) is 0. The van der Waals surface area contributed by atoms with Crippen molar-refractivity contribution in [1.29, 1.82) is 0 Å². The lowest BCUT2D eigenvalue weighted by Gasteiger charge is -2.14. The summed E-state index contributed by atoms with van der Waals surface area (Å²) in [4.78, 5) is 13.0. The summed E-state index contributed by atoms with van der Waals surface area (Å²) < 4.78 is 13.2. The van der Waals surface area contributed by atoms with E-state index < -0.39 is 0 Å². The Bertz CT molecular complexity index is 1020. The number of benzene rings is 2. The third kappa shape index (κ3) is 3.97. The van der Waals surface area contributed by atoms with Crippen LogP contribution < -0.4 is 14.8 Å². The van der Waals surface area contributed by atoms with Gasteiger partial charge in [-0.15, -0.1) is 0 Å². The molecule has 1 aromatic heterocycles. The summed E-state index contributed by atoms with van der Waals surface area (Å²) >= 11 is 0. The summed E-state index contributed by atoms with van der Waals surface area (Å²) in [6, 6.07) is 13.6. The van der Waals surface area contributed by atoms with Crippen LogP contribution in [0.4, 0.5) is 5.69 Å². The third-order valence-corrected chi connectivity index (χ3v) is 4.88. The lowest BCUT2D eigenvalue weighted by molar-refractivity contribution is 0.102. The number of hydrogen-bond acceptors (Lipinski definition) is 4. The van der Waals surface area contributed by atoms with Crippen molar-refractivity contribution in [2.24, 2.45) is 0 Å². The van der Waals surface area contributed by atoms with Gasteiger partial charge >= 0.3 is 0 Å². The quantitative estimate of drug-likeness (QED) is 0.699. The second-order valence-electron chi connectivity index (χ2n) is 7.51. The molecule has 0 saturated carbocycles. The van der Waals surface area contributed by atoms with E-state index in [1.165, 1.54) is 5.56 Å². The molecule has 0 saturated heterocycles. The van der Waals surface area contributed by atoms with Crippen LogP contribution in [0.3, 0.4) is 0 Å². The number of anilines is 1. The molecule has 0 aliphatic carbocycles. The minimum Gasteiger partial charge on any atom is -0.490 e. The Morgan fingerprint density at radius 3 is 2.52 bits per heavy atom. The predicted octanol–water partition coefficient (Wildman–Crippen LogP) is 4.72. The topological polar surface area (TPSA) is 65.4 Å². The molecule has 0 fully saturated rings. The van der Waals surface area contributed by atoms with Gasteiger partial charge < -0.3 is 14.8 Å². The van der Waals surface area contributed by atoms with Gasteiger partial charge in [-0.1, -0.05) is 31.5 Å². The number of aromatic nitrogens is 2. The fraction of sp³-hybridized carbons (Fsp3) is 0.304. The molecule has 1 aliphatic heterocycles. The highest BCUT2D eigenvalue weighted by Gasteiger charge is 2.21. The second kappa shape index (κ2) is 7.99. The van der Waals surface area contributed by atoms with E-state index in [0.29, 0.717) is 36.0 Å². The van der Waals surface area contributed by atoms with Gasteiger partial charge in [-0.2, -0.15) is 5.10 Å². The lowest BCUT2D eigenvalue weighted by atomic mass is 10.0. The molecule has 3 aromatic rings. The van der Waals surface area contributed by atoms with E-state index in [9.17, 15) is 4.79 Å². The van der Waals surface area contributed by atoms with E-state index in [1.54, 1.807) is 12.3 Å². The summed E-state index contributed by atoms with van der Waals surface area (Å²) in [6.45, 7) is 7.41. The van der Waals surface area contributed by atoms with Crippen molar-refractivity contribution in [3.63, 3.8) is 0 Å². The van der Waals surface area contributed by atoms with Crippen molar-refractivity contribution >= 4 is 11.6 Å². The van der Waals surface area contributed by atoms with Crippen LogP contribution in [0, 0.1) is 6.92 Å². The number of nitrogens with one attached hydrogen (secondary N) is 1. The Morgan fingerprint density at radius 1 is 1.07 bits per heavy atom. The standard InChI is InChI=1S/C23H25N3O3/c1-15(2)22-19(14-24-26(22)18-8-5-16(3)6-9-18)23(27)25-17-7-10-20-21(13-17)29-12-4-11-28-20/h5-10,13-15H,4,11-12H2,1-3H3,(H,25,27). The Kier molecular flexibility index (Phi) is 5.25. The van der Waals surface area contributed by atoms with Gasteiger partial charge in [0.2, 0.25) is 0 Å². The molecule has 0 bridgehead atoms. The van der Waals surface area contributed by atoms with Crippen LogP contribution in [0.25, 0.3) is 5.69 Å². The molecule has 0 spiro atoms. The number of carbonyl (C=O) groups excluding carboxylic acids is 1. The molecule has 2 aromatic carbocycles. The number of ether oxygens (including phenoxy) is 2. The zero-order valence-corrected chi connectivity index (χ0v) is 16.9. The molecule has 6 heteroatoms. The van der Waals surface area contributed by atoms with Crippen LogP contribution in [0.2, 0.25) is 0 Å². The molecule has 150 valence electrons. The van der Waals surface area contributed by atoms with E-state index in [1.807, 2.05) is 48.0 Å². The van der Waals surface area contributed by atoms with E-state index in [4.69, 9.17) is 9.47 Å². The van der Waals surface area contributed by atoms with Crippen LogP contribution >= 0.6 is 0 Å². The van der Waals surface area contributed by atoms with E-state index >= 15 is 0 Å². The number of hydrogen-bond donors (Lipinski definition) is 1. The fourth-order valence-corrected chi connectivity index (χ4v) is 3.42. The van der Waals surface area contributed by atoms with Crippen LogP contribution in [-0.4, -0.2) is 28.9 Å². The van der Waals surface area contributed by atoms with Gasteiger partial charge in [-0.25, -0.2) is 4.68 Å². The number of fused-ring (bicyclic) bond motifs is 1. The number of aryl methyl sites for hydroxylation is 1. The van der Waals surface area contributed by atoms with Crippen molar-refractivity contribution in [3.8, 4) is 17.2 Å². The zero-order chi connectivity index (χ0) is 20.4. The molecule has 1 amide bonds. The van der Waals surface area contributed by atoms with Gasteiger partial charge in [0.05, 0.1) is 36.4 Å². The zero-order valence-electron chi connectivity index (χ0n) is 16.9. The largest absolute Gasteiger partial charge is 0.490 e. The van der Waals surface area contributed by atoms with Gasteiger partial charge in [-0.3, -0.25) is 4.79 Å². The predicted molar refractivity (Wildman–Crippen MR) is 112 cm³/mol. The smallest absolute Gasteiger partial charge is 0.259 e. The monoisotopic (exact) mass is 391 g/mol. The fourth-order valence-electron chi connectivity index (χ4n) is 3.42. The Labute approximate surface area is 170 Å². The molecule has 29 heavy (non-hydrogen) atoms. The van der Waals surface area contributed by atoms with Gasteiger partial charge in [0.25, 0.3) is 5.91 Å². The molecule has 2 heterocycles. The summed E-state index contributed by atoms with van der Waals surface area (Å²) in [5, 5.41) is 7.46. The van der Waals surface area contributed by atoms with Gasteiger partial charge in [0.1, 0.15) is 0 Å². The second-order valence-corrected chi connectivity index (χ2v) is 7.51. The first-order valence-electron chi connectivity index (χ1n) is 9.89. The highest BCUT2D eigenvalue weighted by molar-refractivity contribution is 6.05. The average molecular weight is 391 g/mol. The Hall–Kier alpha value is -3.28. The van der Waals surface area contributed by atoms with Crippen molar-refractivity contribution in [1.82, 2.24) is 9.78 Å². The summed E-state index contributed by atoms with van der Waals surface area (Å²) in [5.74, 6) is 1.29.